The van der Waals surface area contributed by atoms with Crippen molar-refractivity contribution in [2.24, 2.45) is 0 Å². The van der Waals surface area contributed by atoms with Gasteiger partial charge in [-0.15, -0.1) is 0 Å². The number of aryl methyl sites for hydroxylation is 1. The maximum Gasteiger partial charge on any atom is 0.425 e. The predicted molar refractivity (Wildman–Crippen MR) is 213 cm³/mol. The summed E-state index contributed by atoms with van der Waals surface area (Å²) in [5, 5.41) is 16.1. The Morgan fingerprint density at radius 3 is 2.16 bits per heavy atom. The van der Waals surface area contributed by atoms with Crippen LogP contribution in [0.1, 0.15) is 95.2 Å². The number of halogens is 1. The molecule has 56 heavy (non-hydrogen) atoms. The molecule has 4 rings (SSSR count). The Morgan fingerprint density at radius 1 is 0.911 bits per heavy atom. The lowest BCUT2D eigenvalue weighted by Gasteiger charge is -2.28. The highest BCUT2D eigenvalue weighted by Gasteiger charge is 2.35. The Morgan fingerprint density at radius 2 is 1.57 bits per heavy atom. The summed E-state index contributed by atoms with van der Waals surface area (Å²) in [5.41, 5.74) is 8.47. The molecule has 13 nitrogen and oxygen atoms in total. The van der Waals surface area contributed by atoms with Crippen LogP contribution in [-0.4, -0.2) is 58.6 Å². The number of ether oxygens (including phenoxy) is 3. The van der Waals surface area contributed by atoms with Gasteiger partial charge in [-0.3, -0.25) is 9.59 Å². The Labute approximate surface area is 326 Å². The molecule has 0 aliphatic rings. The van der Waals surface area contributed by atoms with Crippen LogP contribution >= 0.6 is 0 Å². The van der Waals surface area contributed by atoms with Gasteiger partial charge < -0.3 is 35.7 Å². The standard InChI is InChI=1S/C42H52FN5O8/c1-10-54-35(50)19-26-11-13-29(44)18-28(26)21-46-38(51)36(27-12-15-31(24(2)17-27)25(3)23-49)47-30-14-16-32-33(20-30)34(43)22-45-37(32)48(39(52)55-41(4,5)6)40(53)56-42(7,8)9/h11-18,20,22,25,36,47,49H,10,19,21,23,44H2,1-9H3,(H,46,51)/t25-,36?/m0/s1. The molecule has 0 bridgehead atoms. The number of amides is 3. The van der Waals surface area contributed by atoms with Crippen molar-refractivity contribution < 1.29 is 42.9 Å². The van der Waals surface area contributed by atoms with Crippen molar-refractivity contribution >= 4 is 52.0 Å². The third-order valence-electron chi connectivity index (χ3n) is 8.51. The van der Waals surface area contributed by atoms with Gasteiger partial charge in [0.1, 0.15) is 23.1 Å². The van der Waals surface area contributed by atoms with E-state index in [1.54, 1.807) is 78.8 Å². The van der Waals surface area contributed by atoms with Gasteiger partial charge in [0, 0.05) is 41.2 Å². The van der Waals surface area contributed by atoms with Crippen LogP contribution in [0, 0.1) is 12.7 Å². The predicted octanol–water partition coefficient (Wildman–Crippen LogP) is 7.61. The van der Waals surface area contributed by atoms with Gasteiger partial charge in [-0.25, -0.2) is 19.0 Å². The van der Waals surface area contributed by atoms with E-state index in [-0.39, 0.29) is 48.7 Å². The Balaban J connectivity index is 1.76. The summed E-state index contributed by atoms with van der Waals surface area (Å²) in [4.78, 5) is 58.1. The number of nitrogen functional groups attached to an aromatic ring is 1. The average molecular weight is 774 g/mol. The lowest BCUT2D eigenvalue weighted by Crippen LogP contribution is -2.44. The lowest BCUT2D eigenvalue weighted by molar-refractivity contribution is -0.142. The molecule has 0 aliphatic heterocycles. The largest absolute Gasteiger partial charge is 0.466 e. The van der Waals surface area contributed by atoms with Crippen LogP contribution in [0.3, 0.4) is 0 Å². The van der Waals surface area contributed by atoms with Crippen molar-refractivity contribution in [3.63, 3.8) is 0 Å². The summed E-state index contributed by atoms with van der Waals surface area (Å²) in [5.74, 6) is -1.97. The van der Waals surface area contributed by atoms with Crippen LogP contribution in [0.15, 0.2) is 60.8 Å². The molecule has 5 N–H and O–H groups in total. The van der Waals surface area contributed by atoms with E-state index in [4.69, 9.17) is 19.9 Å². The molecule has 0 aliphatic carbocycles. The minimum absolute atomic E-state index is 0.0104. The monoisotopic (exact) mass is 773 g/mol. The fourth-order valence-corrected chi connectivity index (χ4v) is 5.96. The van der Waals surface area contributed by atoms with Crippen LogP contribution in [0.25, 0.3) is 10.8 Å². The van der Waals surface area contributed by atoms with E-state index in [0.717, 1.165) is 17.3 Å². The summed E-state index contributed by atoms with van der Waals surface area (Å²) in [6.07, 6.45) is -1.25. The van der Waals surface area contributed by atoms with Gasteiger partial charge in [-0.05, 0) is 114 Å². The molecule has 4 aromatic rings. The number of hydrogen-bond acceptors (Lipinski definition) is 11. The molecule has 14 heteroatoms. The first kappa shape index (κ1) is 43.0. The quantitative estimate of drug-likeness (QED) is 0.0632. The molecular formula is C42H52FN5O8. The van der Waals surface area contributed by atoms with Gasteiger partial charge >= 0.3 is 18.2 Å². The van der Waals surface area contributed by atoms with Crippen LogP contribution in [-0.2, 0) is 36.8 Å². The molecule has 1 unspecified atom stereocenters. The van der Waals surface area contributed by atoms with Gasteiger partial charge in [-0.1, -0.05) is 31.2 Å². The van der Waals surface area contributed by atoms with Crippen molar-refractivity contribution in [3.05, 3.63) is 94.4 Å². The molecule has 0 saturated heterocycles. The number of nitrogens with zero attached hydrogens (tertiary/aromatic N) is 2. The zero-order valence-electron chi connectivity index (χ0n) is 33.4. The second-order valence-electron chi connectivity index (χ2n) is 15.5. The molecule has 1 heterocycles. The number of imide groups is 1. The number of aliphatic hydroxyl groups excluding tert-OH is 1. The van der Waals surface area contributed by atoms with Crippen LogP contribution in [0.2, 0.25) is 0 Å². The number of nitrogens with two attached hydrogens (primary N) is 1. The molecule has 0 spiro atoms. The highest BCUT2D eigenvalue weighted by Crippen LogP contribution is 2.33. The molecule has 0 saturated carbocycles. The Kier molecular flexibility index (Phi) is 13.7. The van der Waals surface area contributed by atoms with Crippen molar-refractivity contribution in [3.8, 4) is 0 Å². The fourth-order valence-electron chi connectivity index (χ4n) is 5.96. The average Bonchev–Trinajstić information content (AvgIpc) is 3.10. The number of hydrogen-bond donors (Lipinski definition) is 4. The molecule has 0 radical (unpaired) electrons. The summed E-state index contributed by atoms with van der Waals surface area (Å²) in [6.45, 7) is 15.5. The van der Waals surface area contributed by atoms with E-state index >= 15 is 4.39 Å². The number of carbonyl (C=O) groups is 4. The van der Waals surface area contributed by atoms with Crippen molar-refractivity contribution in [2.45, 2.75) is 98.4 Å². The first-order chi connectivity index (χ1) is 26.2. The molecule has 2 atom stereocenters. The molecule has 3 aromatic carbocycles. The van der Waals surface area contributed by atoms with E-state index in [1.807, 2.05) is 26.0 Å². The molecule has 300 valence electrons. The maximum absolute atomic E-state index is 15.6. The van der Waals surface area contributed by atoms with Gasteiger partial charge in [0.15, 0.2) is 5.82 Å². The lowest BCUT2D eigenvalue weighted by atomic mass is 9.93. The van der Waals surface area contributed by atoms with E-state index in [0.29, 0.717) is 33.0 Å². The summed E-state index contributed by atoms with van der Waals surface area (Å²) in [6, 6.07) is 14.0. The number of pyridine rings is 1. The van der Waals surface area contributed by atoms with Crippen molar-refractivity contribution in [1.29, 1.82) is 0 Å². The minimum Gasteiger partial charge on any atom is -0.466 e. The number of anilines is 3. The van der Waals surface area contributed by atoms with Crippen molar-refractivity contribution in [2.75, 3.05) is 29.2 Å². The highest BCUT2D eigenvalue weighted by molar-refractivity contribution is 6.14. The van der Waals surface area contributed by atoms with E-state index in [1.165, 1.54) is 12.1 Å². The third-order valence-corrected chi connectivity index (χ3v) is 8.51. The second kappa shape index (κ2) is 17.8. The summed E-state index contributed by atoms with van der Waals surface area (Å²) >= 11 is 0. The fraction of sp³-hybridized carbons (Fsp3) is 0.405. The van der Waals surface area contributed by atoms with Crippen LogP contribution < -0.4 is 21.3 Å². The maximum atomic E-state index is 15.6. The molecular weight excluding hydrogens is 721 g/mol. The Hall–Kier alpha value is -5.76. The number of nitrogens with one attached hydrogen (secondary N) is 2. The number of aliphatic hydroxyl groups is 1. The van der Waals surface area contributed by atoms with Gasteiger partial charge in [0.25, 0.3) is 0 Å². The summed E-state index contributed by atoms with van der Waals surface area (Å²) < 4.78 is 31.8. The first-order valence-electron chi connectivity index (χ1n) is 18.3. The third kappa shape index (κ3) is 11.2. The number of rotatable bonds is 12. The molecule has 0 fully saturated rings. The van der Waals surface area contributed by atoms with E-state index < -0.39 is 47.1 Å². The van der Waals surface area contributed by atoms with E-state index in [9.17, 15) is 24.3 Å². The molecule has 1 aromatic heterocycles. The number of benzene rings is 3. The van der Waals surface area contributed by atoms with Gasteiger partial charge in [0.05, 0.1) is 19.2 Å². The number of aromatic nitrogens is 1. The molecule has 3 amide bonds. The number of fused-ring (bicyclic) bond motifs is 1. The number of carbonyl (C=O) groups excluding carboxylic acids is 4. The van der Waals surface area contributed by atoms with Crippen LogP contribution in [0.4, 0.5) is 31.2 Å². The smallest absolute Gasteiger partial charge is 0.425 e. The minimum atomic E-state index is -1.06. The van der Waals surface area contributed by atoms with Gasteiger partial charge in [-0.2, -0.15) is 4.90 Å². The zero-order chi connectivity index (χ0) is 41.5. The van der Waals surface area contributed by atoms with E-state index in [2.05, 4.69) is 15.6 Å². The summed E-state index contributed by atoms with van der Waals surface area (Å²) in [7, 11) is 0. The van der Waals surface area contributed by atoms with Crippen LogP contribution in [0.5, 0.6) is 0 Å². The highest BCUT2D eigenvalue weighted by atomic mass is 19.1. The second-order valence-corrected chi connectivity index (χ2v) is 15.5. The topological polar surface area (TPSA) is 182 Å². The zero-order valence-corrected chi connectivity index (χ0v) is 33.4. The Bertz CT molecular complexity index is 2060. The van der Waals surface area contributed by atoms with Gasteiger partial charge in [0.2, 0.25) is 5.91 Å². The first-order valence-corrected chi connectivity index (χ1v) is 18.3. The normalized spacial score (nSPS) is 12.7. The number of esters is 1. The van der Waals surface area contributed by atoms with Crippen molar-refractivity contribution in [1.82, 2.24) is 10.3 Å². The SMILES string of the molecule is CCOC(=O)Cc1ccc(N)cc1CNC(=O)C(Nc1ccc2c(N(C(=O)OC(C)(C)C)C(=O)OC(C)(C)C)ncc(F)c2c1)c1ccc([C@@H](C)CO)c(C)c1.